The first-order chi connectivity index (χ1) is 19.2. The molecule has 1 aliphatic rings. The highest BCUT2D eigenvalue weighted by Gasteiger charge is 2.24. The summed E-state index contributed by atoms with van der Waals surface area (Å²) in [4.78, 5) is 17.5. The standard InChI is InChI=1S/C29H32N6O3S2/c1-22-9-7-13-25(19-22)35-28(23-10-8-14-26(20-23)40(37,38)32(2)3)30-31-29(35)39-21-27(36)34-17-15-33(16-18-34)24-11-5-4-6-12-24/h4-14,19-20H,15-18,21H2,1-3H3. The van der Waals surface area contributed by atoms with Gasteiger partial charge in [-0.15, -0.1) is 10.2 Å². The van der Waals surface area contributed by atoms with Crippen LogP contribution in [0.15, 0.2) is 88.9 Å². The van der Waals surface area contributed by atoms with Crippen molar-refractivity contribution in [2.24, 2.45) is 0 Å². The van der Waals surface area contributed by atoms with Crippen molar-refractivity contribution in [2.45, 2.75) is 17.0 Å². The van der Waals surface area contributed by atoms with E-state index in [0.717, 1.165) is 24.3 Å². The molecule has 1 saturated heterocycles. The van der Waals surface area contributed by atoms with Gasteiger partial charge in [0.15, 0.2) is 11.0 Å². The van der Waals surface area contributed by atoms with E-state index >= 15 is 0 Å². The number of para-hydroxylation sites is 1. The maximum absolute atomic E-state index is 13.2. The van der Waals surface area contributed by atoms with Crippen LogP contribution in [0.25, 0.3) is 17.1 Å². The van der Waals surface area contributed by atoms with E-state index in [1.54, 1.807) is 18.2 Å². The quantitative estimate of drug-likeness (QED) is 0.294. The minimum Gasteiger partial charge on any atom is -0.368 e. The summed E-state index contributed by atoms with van der Waals surface area (Å²) in [6.07, 6.45) is 0. The summed E-state index contributed by atoms with van der Waals surface area (Å²) >= 11 is 1.33. The molecule has 0 bridgehead atoms. The van der Waals surface area contributed by atoms with E-state index in [9.17, 15) is 13.2 Å². The second-order valence-corrected chi connectivity index (χ2v) is 12.9. The SMILES string of the molecule is Cc1cccc(-n2c(SCC(=O)N3CCN(c4ccccc4)CC3)nnc2-c2cccc(S(=O)(=O)N(C)C)c2)c1. The average molecular weight is 577 g/mol. The molecule has 1 fully saturated rings. The molecule has 9 nitrogen and oxygen atoms in total. The molecule has 1 aromatic heterocycles. The van der Waals surface area contributed by atoms with Gasteiger partial charge in [-0.05, 0) is 48.9 Å². The van der Waals surface area contributed by atoms with Crippen molar-refractivity contribution in [2.75, 3.05) is 50.9 Å². The van der Waals surface area contributed by atoms with Gasteiger partial charge in [0.1, 0.15) is 0 Å². The summed E-state index contributed by atoms with van der Waals surface area (Å²) in [6, 6.07) is 24.9. The zero-order valence-corrected chi connectivity index (χ0v) is 24.4. The van der Waals surface area contributed by atoms with E-state index in [0.29, 0.717) is 29.6 Å². The molecule has 4 aromatic rings. The van der Waals surface area contributed by atoms with Crippen molar-refractivity contribution in [3.8, 4) is 17.1 Å². The first-order valence-corrected chi connectivity index (χ1v) is 15.4. The van der Waals surface area contributed by atoms with E-state index in [2.05, 4.69) is 27.2 Å². The number of rotatable bonds is 8. The zero-order valence-electron chi connectivity index (χ0n) is 22.8. The third-order valence-electron chi connectivity index (χ3n) is 6.84. The van der Waals surface area contributed by atoms with Crippen LogP contribution in [0.5, 0.6) is 0 Å². The van der Waals surface area contributed by atoms with Crippen LogP contribution in [0.4, 0.5) is 5.69 Å². The van der Waals surface area contributed by atoms with Crippen LogP contribution in [0.1, 0.15) is 5.56 Å². The molecule has 3 aromatic carbocycles. The number of carbonyl (C=O) groups is 1. The molecule has 0 saturated carbocycles. The maximum Gasteiger partial charge on any atom is 0.242 e. The van der Waals surface area contributed by atoms with Crippen LogP contribution in [-0.2, 0) is 14.8 Å². The molecule has 0 spiro atoms. The molecular formula is C29H32N6O3S2. The zero-order chi connectivity index (χ0) is 28.3. The molecule has 1 aliphatic heterocycles. The van der Waals surface area contributed by atoms with Gasteiger partial charge in [0.2, 0.25) is 15.9 Å². The van der Waals surface area contributed by atoms with Crippen molar-refractivity contribution in [1.82, 2.24) is 24.0 Å². The Kier molecular flexibility index (Phi) is 8.24. The molecule has 0 radical (unpaired) electrons. The lowest BCUT2D eigenvalue weighted by Gasteiger charge is -2.36. The van der Waals surface area contributed by atoms with Crippen molar-refractivity contribution in [3.63, 3.8) is 0 Å². The lowest BCUT2D eigenvalue weighted by Crippen LogP contribution is -2.49. The monoisotopic (exact) mass is 576 g/mol. The molecule has 0 atom stereocenters. The Morgan fingerprint density at radius 1 is 0.875 bits per heavy atom. The van der Waals surface area contributed by atoms with E-state index in [1.165, 1.54) is 35.8 Å². The molecule has 11 heteroatoms. The second kappa shape index (κ2) is 11.8. The highest BCUT2D eigenvalue weighted by molar-refractivity contribution is 7.99. The van der Waals surface area contributed by atoms with Crippen LogP contribution in [0, 0.1) is 6.92 Å². The van der Waals surface area contributed by atoms with Crippen LogP contribution in [0.3, 0.4) is 0 Å². The molecule has 5 rings (SSSR count). The predicted octanol–water partition coefficient (Wildman–Crippen LogP) is 3.93. The molecule has 208 valence electrons. The van der Waals surface area contributed by atoms with E-state index < -0.39 is 10.0 Å². The van der Waals surface area contributed by atoms with Gasteiger partial charge in [0.05, 0.1) is 10.6 Å². The number of sulfonamides is 1. The Bertz CT molecular complexity index is 1600. The van der Waals surface area contributed by atoms with E-state index in [-0.39, 0.29) is 16.6 Å². The molecule has 0 N–H and O–H groups in total. The minimum absolute atomic E-state index is 0.0529. The number of hydrogen-bond acceptors (Lipinski definition) is 7. The fourth-order valence-corrected chi connectivity index (χ4v) is 6.43. The fourth-order valence-electron chi connectivity index (χ4n) is 4.63. The average Bonchev–Trinajstić information content (AvgIpc) is 3.40. The van der Waals surface area contributed by atoms with E-state index in [1.807, 2.05) is 64.9 Å². The van der Waals surface area contributed by atoms with Crippen molar-refractivity contribution in [3.05, 3.63) is 84.4 Å². The fraction of sp³-hybridized carbons (Fsp3) is 0.276. The van der Waals surface area contributed by atoms with Crippen molar-refractivity contribution >= 4 is 33.4 Å². The second-order valence-electron chi connectivity index (χ2n) is 9.79. The normalized spacial score (nSPS) is 14.1. The lowest BCUT2D eigenvalue weighted by molar-refractivity contribution is -0.128. The number of hydrogen-bond donors (Lipinski definition) is 0. The summed E-state index contributed by atoms with van der Waals surface area (Å²) in [7, 11) is -0.614. The molecule has 1 amide bonds. The Labute approximate surface area is 239 Å². The van der Waals surface area contributed by atoms with Crippen LogP contribution < -0.4 is 4.90 Å². The number of aromatic nitrogens is 3. The Morgan fingerprint density at radius 3 is 2.27 bits per heavy atom. The molecule has 2 heterocycles. The number of aryl methyl sites for hydroxylation is 1. The number of nitrogens with zero attached hydrogens (tertiary/aromatic N) is 6. The van der Waals surface area contributed by atoms with Crippen LogP contribution in [0.2, 0.25) is 0 Å². The predicted molar refractivity (Wildman–Crippen MR) is 158 cm³/mol. The first kappa shape index (κ1) is 27.9. The van der Waals surface area contributed by atoms with Gasteiger partial charge in [-0.2, -0.15) is 0 Å². The van der Waals surface area contributed by atoms with Crippen molar-refractivity contribution < 1.29 is 13.2 Å². The van der Waals surface area contributed by atoms with Gasteiger partial charge < -0.3 is 9.80 Å². The van der Waals surface area contributed by atoms with Gasteiger partial charge in [-0.1, -0.05) is 54.2 Å². The Hall–Kier alpha value is -3.67. The third kappa shape index (κ3) is 5.91. The molecular weight excluding hydrogens is 544 g/mol. The number of benzene rings is 3. The first-order valence-electron chi connectivity index (χ1n) is 13.0. The Morgan fingerprint density at radius 2 is 1.57 bits per heavy atom. The van der Waals surface area contributed by atoms with Gasteiger partial charge in [0, 0.05) is 57.2 Å². The van der Waals surface area contributed by atoms with Crippen LogP contribution >= 0.6 is 11.8 Å². The number of thioether (sulfide) groups is 1. The topological polar surface area (TPSA) is 91.6 Å². The van der Waals surface area contributed by atoms with Crippen molar-refractivity contribution in [1.29, 1.82) is 0 Å². The summed E-state index contributed by atoms with van der Waals surface area (Å²) in [5.41, 5.74) is 3.69. The Balaban J connectivity index is 1.37. The number of piperazine rings is 1. The molecule has 0 aliphatic carbocycles. The van der Waals surface area contributed by atoms with Gasteiger partial charge >= 0.3 is 0 Å². The van der Waals surface area contributed by atoms with E-state index in [4.69, 9.17) is 0 Å². The number of anilines is 1. The molecule has 0 unspecified atom stereocenters. The maximum atomic E-state index is 13.2. The van der Waals surface area contributed by atoms with Crippen LogP contribution in [-0.4, -0.2) is 84.3 Å². The number of carbonyl (C=O) groups excluding carboxylic acids is 1. The lowest BCUT2D eigenvalue weighted by atomic mass is 10.2. The summed E-state index contributed by atoms with van der Waals surface area (Å²) in [5, 5.41) is 9.45. The summed E-state index contributed by atoms with van der Waals surface area (Å²) < 4.78 is 28.6. The highest BCUT2D eigenvalue weighted by atomic mass is 32.2. The van der Waals surface area contributed by atoms with Gasteiger partial charge in [-0.3, -0.25) is 9.36 Å². The third-order valence-corrected chi connectivity index (χ3v) is 9.57. The summed E-state index contributed by atoms with van der Waals surface area (Å²) in [6.45, 7) is 4.91. The van der Waals surface area contributed by atoms with Gasteiger partial charge in [0.25, 0.3) is 0 Å². The number of amides is 1. The summed E-state index contributed by atoms with van der Waals surface area (Å²) in [5.74, 6) is 0.787. The highest BCUT2D eigenvalue weighted by Crippen LogP contribution is 2.30. The smallest absolute Gasteiger partial charge is 0.242 e. The molecule has 40 heavy (non-hydrogen) atoms. The largest absolute Gasteiger partial charge is 0.368 e. The minimum atomic E-state index is -3.62. The van der Waals surface area contributed by atoms with Gasteiger partial charge in [-0.25, -0.2) is 12.7 Å².